The summed E-state index contributed by atoms with van der Waals surface area (Å²) in [6, 6.07) is 0.363. The van der Waals surface area contributed by atoms with E-state index in [1.807, 2.05) is 0 Å². The van der Waals surface area contributed by atoms with Gasteiger partial charge in [0.05, 0.1) is 13.2 Å². The van der Waals surface area contributed by atoms with Gasteiger partial charge in [0.25, 0.3) is 0 Å². The summed E-state index contributed by atoms with van der Waals surface area (Å²) in [6.45, 7) is 13.2. The molecule has 2 aliphatic heterocycles. The van der Waals surface area contributed by atoms with Crippen molar-refractivity contribution in [2.24, 2.45) is 11.1 Å². The highest BCUT2D eigenvalue weighted by molar-refractivity contribution is 5.85. The number of nitrogens with zero attached hydrogens (tertiary/aromatic N) is 2. The van der Waals surface area contributed by atoms with Crippen molar-refractivity contribution in [2.75, 3.05) is 52.5 Å². The van der Waals surface area contributed by atoms with Crippen LogP contribution in [0.15, 0.2) is 0 Å². The maximum Gasteiger partial charge on any atom is 0.0594 e. The highest BCUT2D eigenvalue weighted by Gasteiger charge is 2.33. The minimum Gasteiger partial charge on any atom is -0.379 e. The molecule has 0 radical (unpaired) electrons. The molecule has 116 valence electrons. The number of halogens is 2. The molecule has 2 N–H and O–H groups in total. The van der Waals surface area contributed by atoms with Gasteiger partial charge in [-0.15, -0.1) is 24.8 Å². The van der Waals surface area contributed by atoms with Gasteiger partial charge in [0, 0.05) is 38.8 Å². The largest absolute Gasteiger partial charge is 0.379 e. The average Bonchev–Trinajstić information content (AvgIpc) is 2.32. The van der Waals surface area contributed by atoms with Crippen LogP contribution in [0.3, 0.4) is 0 Å². The molecule has 0 bridgehead atoms. The predicted octanol–water partition coefficient (Wildman–Crippen LogP) is 1.22. The van der Waals surface area contributed by atoms with Crippen molar-refractivity contribution in [2.45, 2.75) is 26.3 Å². The summed E-state index contributed by atoms with van der Waals surface area (Å²) in [6.07, 6.45) is 1.14. The zero-order chi connectivity index (χ0) is 12.3. The smallest absolute Gasteiger partial charge is 0.0594 e. The molecule has 19 heavy (non-hydrogen) atoms. The van der Waals surface area contributed by atoms with Crippen LogP contribution in [0.2, 0.25) is 0 Å². The fraction of sp³-hybridized carbons (Fsp3) is 1.00. The van der Waals surface area contributed by atoms with E-state index in [0.29, 0.717) is 6.04 Å². The second-order valence-electron chi connectivity index (χ2n) is 6.11. The zero-order valence-corrected chi connectivity index (χ0v) is 13.8. The van der Waals surface area contributed by atoms with Crippen LogP contribution < -0.4 is 5.73 Å². The SMILES string of the molecule is CC1(C)CN(CCN2CCOCC2)CCC1N.Cl.Cl. The van der Waals surface area contributed by atoms with Crippen molar-refractivity contribution < 1.29 is 4.74 Å². The van der Waals surface area contributed by atoms with Gasteiger partial charge in [0.1, 0.15) is 0 Å². The van der Waals surface area contributed by atoms with Gasteiger partial charge in [-0.3, -0.25) is 4.90 Å². The minimum absolute atomic E-state index is 0. The lowest BCUT2D eigenvalue weighted by Gasteiger charge is -2.43. The number of ether oxygens (including phenoxy) is 1. The molecule has 0 aromatic rings. The molecule has 0 aromatic heterocycles. The maximum atomic E-state index is 6.16. The van der Waals surface area contributed by atoms with E-state index in [-0.39, 0.29) is 30.2 Å². The Bertz CT molecular complexity index is 248. The lowest BCUT2D eigenvalue weighted by atomic mass is 9.80. The lowest BCUT2D eigenvalue weighted by molar-refractivity contribution is 0.0257. The molecule has 1 unspecified atom stereocenters. The minimum atomic E-state index is 0. The molecule has 0 amide bonds. The monoisotopic (exact) mass is 313 g/mol. The average molecular weight is 314 g/mol. The first-order valence-corrected chi connectivity index (χ1v) is 6.86. The van der Waals surface area contributed by atoms with Gasteiger partial charge in [-0.2, -0.15) is 0 Å². The molecule has 0 aliphatic carbocycles. The maximum absolute atomic E-state index is 6.16. The van der Waals surface area contributed by atoms with Crippen LogP contribution in [0.1, 0.15) is 20.3 Å². The molecule has 2 rings (SSSR count). The van der Waals surface area contributed by atoms with Crippen LogP contribution in [0.5, 0.6) is 0 Å². The second-order valence-corrected chi connectivity index (χ2v) is 6.11. The van der Waals surface area contributed by atoms with E-state index in [9.17, 15) is 0 Å². The third kappa shape index (κ3) is 5.74. The molecule has 0 aromatic carbocycles. The summed E-state index contributed by atoms with van der Waals surface area (Å²) in [5, 5.41) is 0. The molecule has 0 saturated carbocycles. The van der Waals surface area contributed by atoms with Crippen molar-refractivity contribution >= 4 is 24.8 Å². The highest BCUT2D eigenvalue weighted by atomic mass is 35.5. The summed E-state index contributed by atoms with van der Waals surface area (Å²) in [7, 11) is 0. The Morgan fingerprint density at radius 3 is 2.21 bits per heavy atom. The number of likely N-dealkylation sites (tertiary alicyclic amines) is 1. The number of hydrogen-bond acceptors (Lipinski definition) is 4. The standard InChI is InChI=1S/C13H27N3O.2ClH/c1-13(2)11-16(4-3-12(13)14)6-5-15-7-9-17-10-8-15;;/h12H,3-11,14H2,1-2H3;2*1H. The third-order valence-corrected chi connectivity index (χ3v) is 4.23. The van der Waals surface area contributed by atoms with Crippen LogP contribution in [-0.4, -0.2) is 68.3 Å². The summed E-state index contributed by atoms with van der Waals surface area (Å²) in [5.41, 5.74) is 6.43. The van der Waals surface area contributed by atoms with Gasteiger partial charge >= 0.3 is 0 Å². The molecule has 2 heterocycles. The number of hydrogen-bond donors (Lipinski definition) is 1. The molecule has 2 aliphatic rings. The van der Waals surface area contributed by atoms with Crippen LogP contribution in [0.4, 0.5) is 0 Å². The molecule has 2 saturated heterocycles. The second kappa shape index (κ2) is 8.65. The first-order valence-electron chi connectivity index (χ1n) is 6.86. The molecule has 1 atom stereocenters. The summed E-state index contributed by atoms with van der Waals surface area (Å²) in [5.74, 6) is 0. The molecular weight excluding hydrogens is 285 g/mol. The van der Waals surface area contributed by atoms with E-state index in [1.165, 1.54) is 13.1 Å². The topological polar surface area (TPSA) is 41.7 Å². The van der Waals surface area contributed by atoms with Crippen molar-refractivity contribution in [1.29, 1.82) is 0 Å². The third-order valence-electron chi connectivity index (χ3n) is 4.23. The Morgan fingerprint density at radius 2 is 1.63 bits per heavy atom. The highest BCUT2D eigenvalue weighted by Crippen LogP contribution is 2.27. The molecule has 0 spiro atoms. The van der Waals surface area contributed by atoms with E-state index < -0.39 is 0 Å². The number of piperidine rings is 1. The molecule has 2 fully saturated rings. The Balaban J connectivity index is 0.00000162. The van der Waals surface area contributed by atoms with Gasteiger partial charge in [0.2, 0.25) is 0 Å². The van der Waals surface area contributed by atoms with Crippen molar-refractivity contribution in [1.82, 2.24) is 9.80 Å². The van der Waals surface area contributed by atoms with E-state index in [4.69, 9.17) is 10.5 Å². The predicted molar refractivity (Wildman–Crippen MR) is 84.6 cm³/mol. The Labute approximate surface area is 129 Å². The van der Waals surface area contributed by atoms with Gasteiger partial charge in [-0.1, -0.05) is 13.8 Å². The Hall–Kier alpha value is 0.420. The first-order chi connectivity index (χ1) is 8.08. The number of morpholine rings is 1. The zero-order valence-electron chi connectivity index (χ0n) is 12.1. The van der Waals surface area contributed by atoms with E-state index in [2.05, 4.69) is 23.6 Å². The fourth-order valence-electron chi connectivity index (χ4n) is 2.78. The summed E-state index contributed by atoms with van der Waals surface area (Å²) < 4.78 is 5.37. The van der Waals surface area contributed by atoms with Crippen molar-refractivity contribution in [3.63, 3.8) is 0 Å². The summed E-state index contributed by atoms with van der Waals surface area (Å²) in [4.78, 5) is 5.07. The van der Waals surface area contributed by atoms with Crippen molar-refractivity contribution in [3.05, 3.63) is 0 Å². The molecular formula is C13H29Cl2N3O. The van der Waals surface area contributed by atoms with Crippen LogP contribution in [0, 0.1) is 5.41 Å². The fourth-order valence-corrected chi connectivity index (χ4v) is 2.78. The van der Waals surface area contributed by atoms with Crippen LogP contribution in [-0.2, 0) is 4.74 Å². The van der Waals surface area contributed by atoms with Gasteiger partial charge in [0.15, 0.2) is 0 Å². The van der Waals surface area contributed by atoms with E-state index in [0.717, 1.165) is 45.8 Å². The van der Waals surface area contributed by atoms with E-state index in [1.54, 1.807) is 0 Å². The number of rotatable bonds is 3. The van der Waals surface area contributed by atoms with Crippen LogP contribution in [0.25, 0.3) is 0 Å². The van der Waals surface area contributed by atoms with Crippen LogP contribution >= 0.6 is 24.8 Å². The quantitative estimate of drug-likeness (QED) is 0.850. The van der Waals surface area contributed by atoms with Gasteiger partial charge < -0.3 is 15.4 Å². The summed E-state index contributed by atoms with van der Waals surface area (Å²) >= 11 is 0. The Morgan fingerprint density at radius 1 is 1.05 bits per heavy atom. The number of nitrogens with two attached hydrogens (primary N) is 1. The molecule has 6 heteroatoms. The first kappa shape index (κ1) is 19.4. The van der Waals surface area contributed by atoms with Gasteiger partial charge in [-0.25, -0.2) is 0 Å². The Kier molecular flexibility index (Phi) is 8.84. The van der Waals surface area contributed by atoms with E-state index >= 15 is 0 Å². The van der Waals surface area contributed by atoms with Crippen molar-refractivity contribution in [3.8, 4) is 0 Å². The van der Waals surface area contributed by atoms with Gasteiger partial charge in [-0.05, 0) is 18.4 Å². The molecule has 4 nitrogen and oxygen atoms in total. The lowest BCUT2D eigenvalue weighted by Crippen LogP contribution is -2.53. The normalized spacial score (nSPS) is 28.3.